The Labute approximate surface area is 212 Å². The topological polar surface area (TPSA) is 70.6 Å². The van der Waals surface area contributed by atoms with Crippen molar-refractivity contribution in [1.29, 1.82) is 0 Å². The number of fused-ring (bicyclic) bond motifs is 1. The van der Waals surface area contributed by atoms with Gasteiger partial charge in [0.2, 0.25) is 0 Å². The maximum atomic E-state index is 12.4. The van der Waals surface area contributed by atoms with E-state index < -0.39 is 5.60 Å². The lowest BCUT2D eigenvalue weighted by molar-refractivity contribution is 0.0240. The first-order chi connectivity index (χ1) is 16.7. The van der Waals surface area contributed by atoms with Crippen molar-refractivity contribution in [3.8, 4) is 11.1 Å². The van der Waals surface area contributed by atoms with Gasteiger partial charge in [-0.1, -0.05) is 43.1 Å². The second kappa shape index (κ2) is 10.7. The molecule has 35 heavy (non-hydrogen) atoms. The SMILES string of the molecule is CCCCNc1nc(Cl)cc2c(-c3ccnc(N4CCN(C(=O)OC(C)(C)C)CC4)c3)cccc12. The highest BCUT2D eigenvalue weighted by molar-refractivity contribution is 6.30. The summed E-state index contributed by atoms with van der Waals surface area (Å²) >= 11 is 6.41. The lowest BCUT2D eigenvalue weighted by Gasteiger charge is -2.36. The molecule has 1 aliphatic heterocycles. The van der Waals surface area contributed by atoms with Gasteiger partial charge in [0.25, 0.3) is 0 Å². The van der Waals surface area contributed by atoms with Gasteiger partial charge in [0.05, 0.1) is 0 Å². The average Bonchev–Trinajstić information content (AvgIpc) is 2.83. The number of hydrogen-bond donors (Lipinski definition) is 1. The van der Waals surface area contributed by atoms with E-state index in [1.807, 2.05) is 39.1 Å². The van der Waals surface area contributed by atoms with Crippen molar-refractivity contribution in [2.24, 2.45) is 0 Å². The molecule has 2 aromatic heterocycles. The fraction of sp³-hybridized carbons (Fsp3) is 0.444. The Morgan fingerprint density at radius 1 is 1.11 bits per heavy atom. The van der Waals surface area contributed by atoms with Crippen LogP contribution in [-0.4, -0.2) is 59.3 Å². The smallest absolute Gasteiger partial charge is 0.410 e. The molecular formula is C27H34ClN5O2. The van der Waals surface area contributed by atoms with Crippen LogP contribution >= 0.6 is 11.6 Å². The van der Waals surface area contributed by atoms with E-state index in [2.05, 4.69) is 51.4 Å². The highest BCUT2D eigenvalue weighted by Crippen LogP contribution is 2.34. The number of nitrogens with zero attached hydrogens (tertiary/aromatic N) is 4. The predicted molar refractivity (Wildman–Crippen MR) is 143 cm³/mol. The van der Waals surface area contributed by atoms with E-state index in [1.54, 1.807) is 4.90 Å². The van der Waals surface area contributed by atoms with Crippen LogP contribution in [0.25, 0.3) is 21.9 Å². The van der Waals surface area contributed by atoms with Crippen molar-refractivity contribution in [2.45, 2.75) is 46.1 Å². The summed E-state index contributed by atoms with van der Waals surface area (Å²) in [6.07, 6.45) is 3.77. The Hall–Kier alpha value is -3.06. The Bertz CT molecular complexity index is 1190. The highest BCUT2D eigenvalue weighted by Gasteiger charge is 2.26. The molecule has 186 valence electrons. The molecule has 7 nitrogen and oxygen atoms in total. The predicted octanol–water partition coefficient (Wildman–Crippen LogP) is 6.22. The third-order valence-electron chi connectivity index (χ3n) is 5.98. The van der Waals surface area contributed by atoms with Crippen molar-refractivity contribution in [2.75, 3.05) is 42.9 Å². The number of carbonyl (C=O) groups is 1. The number of ether oxygens (including phenoxy) is 1. The molecule has 1 N–H and O–H groups in total. The molecule has 0 bridgehead atoms. The van der Waals surface area contributed by atoms with Crippen molar-refractivity contribution < 1.29 is 9.53 Å². The van der Waals surface area contributed by atoms with Crippen LogP contribution in [-0.2, 0) is 4.74 Å². The quantitative estimate of drug-likeness (QED) is 0.323. The summed E-state index contributed by atoms with van der Waals surface area (Å²) in [7, 11) is 0. The minimum absolute atomic E-state index is 0.261. The molecular weight excluding hydrogens is 462 g/mol. The number of aromatic nitrogens is 2. The number of piperazine rings is 1. The standard InChI is InChI=1S/C27H34ClN5O2/c1-5-6-11-30-25-21-9-7-8-20(22(21)18-23(28)31-25)19-10-12-29-24(17-19)32-13-15-33(16-14-32)26(34)35-27(2,3)4/h7-10,12,17-18H,5-6,11,13-16H2,1-4H3,(H,30,31). The summed E-state index contributed by atoms with van der Waals surface area (Å²) in [5.41, 5.74) is 1.66. The number of benzene rings is 1. The molecule has 1 fully saturated rings. The molecule has 0 radical (unpaired) electrons. The van der Waals surface area contributed by atoms with Gasteiger partial charge < -0.3 is 19.9 Å². The van der Waals surface area contributed by atoms with Gasteiger partial charge in [-0.15, -0.1) is 0 Å². The summed E-state index contributed by atoms with van der Waals surface area (Å²) in [6.45, 7) is 11.3. The molecule has 0 aliphatic carbocycles. The number of rotatable bonds is 6. The summed E-state index contributed by atoms with van der Waals surface area (Å²) < 4.78 is 5.52. The second-order valence-corrected chi connectivity index (χ2v) is 10.2. The summed E-state index contributed by atoms with van der Waals surface area (Å²) in [4.78, 5) is 25.5. The van der Waals surface area contributed by atoms with Gasteiger partial charge in [0.15, 0.2) is 0 Å². The first kappa shape index (κ1) is 25.0. The number of halogens is 1. The zero-order chi connectivity index (χ0) is 25.0. The average molecular weight is 496 g/mol. The van der Waals surface area contributed by atoms with Crippen molar-refractivity contribution in [3.63, 3.8) is 0 Å². The number of carbonyl (C=O) groups excluding carboxylic acids is 1. The number of nitrogens with one attached hydrogen (secondary N) is 1. The number of unbranched alkanes of at least 4 members (excludes halogenated alkanes) is 1. The molecule has 1 saturated heterocycles. The van der Waals surface area contributed by atoms with E-state index >= 15 is 0 Å². The summed E-state index contributed by atoms with van der Waals surface area (Å²) in [6, 6.07) is 12.3. The molecule has 0 saturated carbocycles. The summed E-state index contributed by atoms with van der Waals surface area (Å²) in [5.74, 6) is 1.71. The number of anilines is 2. The van der Waals surface area contributed by atoms with Crippen LogP contribution in [0.5, 0.6) is 0 Å². The normalized spacial score (nSPS) is 14.3. The number of hydrogen-bond acceptors (Lipinski definition) is 6. The number of pyridine rings is 2. The van der Waals surface area contributed by atoms with Crippen LogP contribution in [0.15, 0.2) is 42.6 Å². The third-order valence-corrected chi connectivity index (χ3v) is 6.17. The largest absolute Gasteiger partial charge is 0.444 e. The lowest BCUT2D eigenvalue weighted by atomic mass is 9.99. The Morgan fingerprint density at radius 2 is 1.89 bits per heavy atom. The minimum atomic E-state index is -0.494. The summed E-state index contributed by atoms with van der Waals surface area (Å²) in [5, 5.41) is 6.01. The molecule has 0 spiro atoms. The maximum Gasteiger partial charge on any atom is 0.410 e. The maximum absolute atomic E-state index is 12.4. The van der Waals surface area contributed by atoms with Crippen LogP contribution in [0.4, 0.5) is 16.4 Å². The van der Waals surface area contributed by atoms with Gasteiger partial charge in [-0.3, -0.25) is 0 Å². The minimum Gasteiger partial charge on any atom is -0.444 e. The van der Waals surface area contributed by atoms with Crippen LogP contribution in [0, 0.1) is 0 Å². The van der Waals surface area contributed by atoms with Crippen LogP contribution < -0.4 is 10.2 Å². The zero-order valence-corrected chi connectivity index (χ0v) is 21.7. The van der Waals surface area contributed by atoms with E-state index in [4.69, 9.17) is 16.3 Å². The van der Waals surface area contributed by atoms with E-state index in [0.29, 0.717) is 31.3 Å². The van der Waals surface area contributed by atoms with Crippen LogP contribution in [0.3, 0.4) is 0 Å². The Balaban J connectivity index is 1.56. The molecule has 1 aliphatic rings. The van der Waals surface area contributed by atoms with Crippen LogP contribution in [0.1, 0.15) is 40.5 Å². The molecule has 8 heteroatoms. The lowest BCUT2D eigenvalue weighted by Crippen LogP contribution is -2.50. The van der Waals surface area contributed by atoms with E-state index in [9.17, 15) is 4.79 Å². The Kier molecular flexibility index (Phi) is 7.65. The first-order valence-corrected chi connectivity index (χ1v) is 12.7. The molecule has 3 aromatic rings. The molecule has 3 heterocycles. The van der Waals surface area contributed by atoms with Gasteiger partial charge >= 0.3 is 6.09 Å². The van der Waals surface area contributed by atoms with E-state index in [-0.39, 0.29) is 6.09 Å². The third kappa shape index (κ3) is 6.14. The van der Waals surface area contributed by atoms with Crippen molar-refractivity contribution in [3.05, 3.63) is 47.7 Å². The molecule has 0 atom stereocenters. The van der Waals surface area contributed by atoms with Gasteiger partial charge in [-0.05, 0) is 61.9 Å². The first-order valence-electron chi connectivity index (χ1n) is 12.3. The fourth-order valence-electron chi connectivity index (χ4n) is 4.22. The molecule has 1 amide bonds. The second-order valence-electron chi connectivity index (χ2n) is 9.83. The molecule has 0 unspecified atom stereocenters. The zero-order valence-electron chi connectivity index (χ0n) is 21.0. The van der Waals surface area contributed by atoms with Gasteiger partial charge in [-0.2, -0.15) is 0 Å². The monoisotopic (exact) mass is 495 g/mol. The van der Waals surface area contributed by atoms with Crippen molar-refractivity contribution in [1.82, 2.24) is 14.9 Å². The number of amides is 1. The van der Waals surface area contributed by atoms with Crippen molar-refractivity contribution >= 4 is 40.1 Å². The Morgan fingerprint density at radius 3 is 2.60 bits per heavy atom. The molecule has 1 aromatic carbocycles. The molecule has 4 rings (SSSR count). The van der Waals surface area contributed by atoms with Crippen LogP contribution in [0.2, 0.25) is 5.15 Å². The van der Waals surface area contributed by atoms with E-state index in [0.717, 1.165) is 52.9 Å². The fourth-order valence-corrected chi connectivity index (χ4v) is 4.41. The van der Waals surface area contributed by atoms with Gasteiger partial charge in [0, 0.05) is 44.3 Å². The van der Waals surface area contributed by atoms with Gasteiger partial charge in [0.1, 0.15) is 22.4 Å². The van der Waals surface area contributed by atoms with E-state index in [1.165, 1.54) is 0 Å². The highest BCUT2D eigenvalue weighted by atomic mass is 35.5. The van der Waals surface area contributed by atoms with Gasteiger partial charge in [-0.25, -0.2) is 14.8 Å².